The lowest BCUT2D eigenvalue weighted by Gasteiger charge is -2.09. The number of benzene rings is 2. The minimum Gasteiger partial charge on any atom is -0.406 e. The largest absolute Gasteiger partial charge is 0.573 e. The van der Waals surface area contributed by atoms with Crippen LogP contribution in [0, 0.1) is 6.07 Å². The van der Waals surface area contributed by atoms with Gasteiger partial charge in [-0.1, -0.05) is 36.4 Å². The zero-order valence-corrected chi connectivity index (χ0v) is 11.1. The molecule has 22 heavy (non-hydrogen) atoms. The Kier molecular flexibility index (Phi) is 3.54. The van der Waals surface area contributed by atoms with Gasteiger partial charge in [-0.2, -0.15) is 0 Å². The Balaban J connectivity index is 1.89. The second-order valence-electron chi connectivity index (χ2n) is 4.39. The second-order valence-corrected chi connectivity index (χ2v) is 4.39. The lowest BCUT2D eigenvalue weighted by atomic mass is 10.2. The summed E-state index contributed by atoms with van der Waals surface area (Å²) in [5, 5.41) is 7.93. The molecule has 1 heterocycles. The van der Waals surface area contributed by atoms with Crippen molar-refractivity contribution in [1.82, 2.24) is 15.2 Å². The number of nitrogens with one attached hydrogen (secondary N) is 1. The lowest BCUT2D eigenvalue weighted by Crippen LogP contribution is -2.17. The molecule has 4 nitrogen and oxygen atoms in total. The molecule has 0 amide bonds. The van der Waals surface area contributed by atoms with Crippen molar-refractivity contribution in [2.45, 2.75) is 6.36 Å². The number of aromatic nitrogens is 3. The number of hydrogen-bond acceptors (Lipinski definition) is 3. The molecule has 3 rings (SSSR count). The fourth-order valence-corrected chi connectivity index (χ4v) is 1.91. The molecule has 0 saturated heterocycles. The highest BCUT2D eigenvalue weighted by atomic mass is 19.4. The molecular formula is C15H9F3N3O. The van der Waals surface area contributed by atoms with Crippen molar-refractivity contribution in [3.05, 3.63) is 54.6 Å². The van der Waals surface area contributed by atoms with Gasteiger partial charge in [-0.15, -0.1) is 23.4 Å². The summed E-state index contributed by atoms with van der Waals surface area (Å²) >= 11 is 0. The van der Waals surface area contributed by atoms with Gasteiger partial charge in [0.1, 0.15) is 5.75 Å². The summed E-state index contributed by atoms with van der Waals surface area (Å²) in [7, 11) is 0. The molecule has 0 spiro atoms. The van der Waals surface area contributed by atoms with Crippen molar-refractivity contribution < 1.29 is 17.9 Å². The third-order valence-electron chi connectivity index (χ3n) is 2.82. The van der Waals surface area contributed by atoms with Gasteiger partial charge in [0.05, 0.1) is 0 Å². The van der Waals surface area contributed by atoms with Crippen LogP contribution in [0.3, 0.4) is 0 Å². The highest BCUT2D eigenvalue weighted by molar-refractivity contribution is 5.62. The lowest BCUT2D eigenvalue weighted by molar-refractivity contribution is -0.274. The van der Waals surface area contributed by atoms with Crippen LogP contribution in [-0.2, 0) is 0 Å². The standard InChI is InChI=1S/C15H9F3N3O/c16-15(17,18)22-12-8-4-7-11(9-12)14-19-13(20-21-14)10-5-2-1-3-6-10/h2-9H,(H,19,20,21). The Morgan fingerprint density at radius 2 is 1.64 bits per heavy atom. The number of nitrogens with zero attached hydrogens (tertiary/aromatic N) is 2. The zero-order valence-electron chi connectivity index (χ0n) is 11.1. The third kappa shape index (κ3) is 3.25. The van der Waals surface area contributed by atoms with Crippen LogP contribution in [0.4, 0.5) is 13.2 Å². The molecule has 0 saturated carbocycles. The van der Waals surface area contributed by atoms with E-state index >= 15 is 0 Å². The number of rotatable bonds is 3. The Morgan fingerprint density at radius 1 is 0.955 bits per heavy atom. The molecule has 3 aromatic rings. The van der Waals surface area contributed by atoms with Crippen LogP contribution in [0.25, 0.3) is 22.8 Å². The molecule has 0 fully saturated rings. The Hall–Kier alpha value is -2.83. The summed E-state index contributed by atoms with van der Waals surface area (Å²) in [6, 6.07) is 15.5. The van der Waals surface area contributed by atoms with Gasteiger partial charge in [-0.3, -0.25) is 0 Å². The molecule has 1 N–H and O–H groups in total. The third-order valence-corrected chi connectivity index (χ3v) is 2.82. The van der Waals surface area contributed by atoms with E-state index in [9.17, 15) is 13.2 Å². The first-order chi connectivity index (χ1) is 10.5. The van der Waals surface area contributed by atoms with Gasteiger partial charge in [-0.25, -0.2) is 0 Å². The van der Waals surface area contributed by atoms with E-state index < -0.39 is 6.36 Å². The molecule has 0 aliphatic heterocycles. The van der Waals surface area contributed by atoms with Gasteiger partial charge in [0.25, 0.3) is 0 Å². The fraction of sp³-hybridized carbons (Fsp3) is 0.0667. The van der Waals surface area contributed by atoms with E-state index in [2.05, 4.69) is 26.0 Å². The molecule has 0 bridgehead atoms. The van der Waals surface area contributed by atoms with E-state index in [1.807, 2.05) is 0 Å². The number of halogens is 3. The second kappa shape index (κ2) is 5.51. The van der Waals surface area contributed by atoms with Crippen molar-refractivity contribution in [2.24, 2.45) is 0 Å². The van der Waals surface area contributed by atoms with Gasteiger partial charge < -0.3 is 9.72 Å². The summed E-state index contributed by atoms with van der Waals surface area (Å²) in [5.41, 5.74) is 1.25. The van der Waals surface area contributed by atoms with Crippen LogP contribution in [0.15, 0.2) is 48.5 Å². The number of hydrogen-bond donors (Lipinski definition) is 1. The van der Waals surface area contributed by atoms with Crippen LogP contribution in [-0.4, -0.2) is 21.5 Å². The normalized spacial score (nSPS) is 11.4. The van der Waals surface area contributed by atoms with E-state index in [0.717, 1.165) is 5.56 Å². The van der Waals surface area contributed by atoms with Crippen LogP contribution in [0.2, 0.25) is 0 Å². The highest BCUT2D eigenvalue weighted by Gasteiger charge is 2.31. The molecule has 1 aromatic heterocycles. The topological polar surface area (TPSA) is 50.8 Å². The summed E-state index contributed by atoms with van der Waals surface area (Å²) < 4.78 is 40.6. The summed E-state index contributed by atoms with van der Waals surface area (Å²) in [6.07, 6.45) is -4.73. The summed E-state index contributed by atoms with van der Waals surface area (Å²) in [6.45, 7) is 0. The van der Waals surface area contributed by atoms with E-state index in [1.54, 1.807) is 30.3 Å². The quantitative estimate of drug-likeness (QED) is 0.800. The summed E-state index contributed by atoms with van der Waals surface area (Å²) in [5.74, 6) is 0.568. The summed E-state index contributed by atoms with van der Waals surface area (Å²) in [4.78, 5) is 2.96. The molecular weight excluding hydrogens is 295 g/mol. The zero-order chi connectivity index (χ0) is 15.6. The number of H-pyrrole nitrogens is 1. The van der Waals surface area contributed by atoms with E-state index in [-0.39, 0.29) is 5.75 Å². The Labute approximate surface area is 123 Å². The SMILES string of the molecule is FC(F)(F)Oc1cccc(-c2nnc(-c3cc[c]cc3)[nH]2)c1. The van der Waals surface area contributed by atoms with Crippen LogP contribution >= 0.6 is 0 Å². The van der Waals surface area contributed by atoms with E-state index in [0.29, 0.717) is 17.2 Å². The smallest absolute Gasteiger partial charge is 0.406 e. The fourth-order valence-electron chi connectivity index (χ4n) is 1.91. The first-order valence-corrected chi connectivity index (χ1v) is 6.27. The molecule has 0 aliphatic rings. The maximum absolute atomic E-state index is 12.2. The molecule has 0 aliphatic carbocycles. The van der Waals surface area contributed by atoms with Crippen molar-refractivity contribution in [2.75, 3.05) is 0 Å². The molecule has 7 heteroatoms. The van der Waals surface area contributed by atoms with Crippen LogP contribution in [0.5, 0.6) is 5.75 Å². The highest BCUT2D eigenvalue weighted by Crippen LogP contribution is 2.27. The van der Waals surface area contributed by atoms with Crippen molar-refractivity contribution >= 4 is 0 Å². The van der Waals surface area contributed by atoms with E-state index in [4.69, 9.17) is 0 Å². The monoisotopic (exact) mass is 304 g/mol. The van der Waals surface area contributed by atoms with Crippen LogP contribution in [0.1, 0.15) is 0 Å². The maximum Gasteiger partial charge on any atom is 0.573 e. The first-order valence-electron chi connectivity index (χ1n) is 6.27. The molecule has 0 unspecified atom stereocenters. The Bertz CT molecular complexity index is 769. The predicted molar refractivity (Wildman–Crippen MR) is 72.8 cm³/mol. The van der Waals surface area contributed by atoms with Crippen molar-refractivity contribution in [1.29, 1.82) is 0 Å². The number of ether oxygens (including phenoxy) is 1. The maximum atomic E-state index is 12.2. The average molecular weight is 304 g/mol. The number of aromatic amines is 1. The minimum absolute atomic E-state index is 0.308. The van der Waals surface area contributed by atoms with Gasteiger partial charge in [0.2, 0.25) is 0 Å². The predicted octanol–water partition coefficient (Wildman–Crippen LogP) is 3.84. The van der Waals surface area contributed by atoms with Gasteiger partial charge in [0.15, 0.2) is 11.6 Å². The van der Waals surface area contributed by atoms with Crippen molar-refractivity contribution in [3.8, 4) is 28.5 Å². The minimum atomic E-state index is -4.73. The molecule has 1 radical (unpaired) electrons. The van der Waals surface area contributed by atoms with Gasteiger partial charge in [0, 0.05) is 11.1 Å². The van der Waals surface area contributed by atoms with Crippen molar-refractivity contribution in [3.63, 3.8) is 0 Å². The average Bonchev–Trinajstić information content (AvgIpc) is 2.96. The first kappa shape index (κ1) is 14.1. The molecule has 0 atom stereocenters. The van der Waals surface area contributed by atoms with Gasteiger partial charge in [-0.05, 0) is 18.2 Å². The molecule has 2 aromatic carbocycles. The number of alkyl halides is 3. The van der Waals surface area contributed by atoms with E-state index in [1.165, 1.54) is 18.2 Å². The van der Waals surface area contributed by atoms with Crippen LogP contribution < -0.4 is 4.74 Å². The molecule has 111 valence electrons. The van der Waals surface area contributed by atoms with Gasteiger partial charge >= 0.3 is 6.36 Å². The Morgan fingerprint density at radius 3 is 2.32 bits per heavy atom.